The van der Waals surface area contributed by atoms with Gasteiger partial charge in [-0.1, -0.05) is 32.1 Å². The predicted molar refractivity (Wildman–Crippen MR) is 72.3 cm³/mol. The predicted octanol–water partition coefficient (Wildman–Crippen LogP) is 3.51. The van der Waals surface area contributed by atoms with E-state index in [4.69, 9.17) is 4.74 Å². The van der Waals surface area contributed by atoms with Gasteiger partial charge in [-0.25, -0.2) is 0 Å². The number of rotatable bonds is 7. The first kappa shape index (κ1) is 13.4. The van der Waals surface area contributed by atoms with Crippen LogP contribution in [0.1, 0.15) is 64.2 Å². The van der Waals surface area contributed by atoms with E-state index >= 15 is 0 Å². The Balaban J connectivity index is 1.38. The molecule has 0 atom stereocenters. The molecule has 2 aliphatic rings. The molecule has 2 aliphatic carbocycles. The first-order valence-corrected chi connectivity index (χ1v) is 7.77. The number of hydrogen-bond donors (Lipinski definition) is 1. The van der Waals surface area contributed by atoms with E-state index in [2.05, 4.69) is 5.32 Å². The smallest absolute Gasteiger partial charge is 0.0575 e. The van der Waals surface area contributed by atoms with Gasteiger partial charge in [-0.3, -0.25) is 0 Å². The molecule has 2 saturated carbocycles. The van der Waals surface area contributed by atoms with Crippen molar-refractivity contribution >= 4 is 0 Å². The van der Waals surface area contributed by atoms with Crippen LogP contribution < -0.4 is 5.32 Å². The zero-order valence-corrected chi connectivity index (χ0v) is 11.3. The lowest BCUT2D eigenvalue weighted by atomic mass is 9.98. The van der Waals surface area contributed by atoms with Gasteiger partial charge in [-0.2, -0.15) is 0 Å². The molecule has 0 bridgehead atoms. The van der Waals surface area contributed by atoms with Gasteiger partial charge in [0.15, 0.2) is 0 Å². The lowest BCUT2D eigenvalue weighted by molar-refractivity contribution is 0.0272. The third kappa shape index (κ3) is 5.39. The van der Waals surface area contributed by atoms with E-state index in [1.54, 1.807) is 0 Å². The van der Waals surface area contributed by atoms with Crippen molar-refractivity contribution in [3.8, 4) is 0 Å². The van der Waals surface area contributed by atoms with E-state index in [-0.39, 0.29) is 0 Å². The van der Waals surface area contributed by atoms with Crippen molar-refractivity contribution in [2.45, 2.75) is 70.3 Å². The Hall–Kier alpha value is -0.0800. The Morgan fingerprint density at radius 1 is 0.882 bits per heavy atom. The Labute approximate surface area is 107 Å². The highest BCUT2D eigenvalue weighted by Gasteiger charge is 2.14. The fourth-order valence-electron chi connectivity index (χ4n) is 3.20. The van der Waals surface area contributed by atoms with E-state index in [1.165, 1.54) is 70.8 Å². The zero-order chi connectivity index (χ0) is 11.8. The number of nitrogens with one attached hydrogen (secondary N) is 1. The molecule has 0 heterocycles. The number of hydrogen-bond acceptors (Lipinski definition) is 2. The fourth-order valence-corrected chi connectivity index (χ4v) is 3.20. The monoisotopic (exact) mass is 239 g/mol. The summed E-state index contributed by atoms with van der Waals surface area (Å²) in [5.41, 5.74) is 0. The molecular weight excluding hydrogens is 210 g/mol. The maximum atomic E-state index is 5.91. The second kappa shape index (κ2) is 8.10. The van der Waals surface area contributed by atoms with Crippen LogP contribution in [0.3, 0.4) is 0 Å². The molecule has 1 N–H and O–H groups in total. The largest absolute Gasteiger partial charge is 0.378 e. The minimum atomic E-state index is 0.582. The van der Waals surface area contributed by atoms with Crippen LogP contribution in [0.5, 0.6) is 0 Å². The van der Waals surface area contributed by atoms with E-state index < -0.39 is 0 Å². The van der Waals surface area contributed by atoms with Crippen molar-refractivity contribution in [2.24, 2.45) is 5.92 Å². The highest BCUT2D eigenvalue weighted by molar-refractivity contribution is 4.69. The third-order valence-electron chi connectivity index (χ3n) is 4.31. The van der Waals surface area contributed by atoms with Crippen LogP contribution in [-0.2, 0) is 4.74 Å². The van der Waals surface area contributed by atoms with E-state index in [9.17, 15) is 0 Å². The first-order chi connectivity index (χ1) is 8.45. The van der Waals surface area contributed by atoms with Crippen LogP contribution >= 0.6 is 0 Å². The van der Waals surface area contributed by atoms with Crippen LogP contribution in [0.4, 0.5) is 0 Å². The SMILES string of the molecule is C1CCC(OCCCNCC2CCCC2)CC1. The maximum absolute atomic E-state index is 5.91. The summed E-state index contributed by atoms with van der Waals surface area (Å²) < 4.78 is 5.91. The molecule has 0 aromatic carbocycles. The van der Waals surface area contributed by atoms with Crippen LogP contribution in [-0.4, -0.2) is 25.8 Å². The van der Waals surface area contributed by atoms with Gasteiger partial charge in [0.05, 0.1) is 6.10 Å². The number of ether oxygens (including phenoxy) is 1. The van der Waals surface area contributed by atoms with Gasteiger partial charge < -0.3 is 10.1 Å². The Bertz CT molecular complexity index is 183. The van der Waals surface area contributed by atoms with Crippen LogP contribution in [0.2, 0.25) is 0 Å². The molecular formula is C15H29NO. The molecule has 2 fully saturated rings. The molecule has 0 aromatic rings. The van der Waals surface area contributed by atoms with Gasteiger partial charge in [-0.05, 0) is 51.1 Å². The minimum absolute atomic E-state index is 0.582. The van der Waals surface area contributed by atoms with Gasteiger partial charge in [0.1, 0.15) is 0 Å². The molecule has 0 saturated heterocycles. The molecule has 0 radical (unpaired) electrons. The van der Waals surface area contributed by atoms with Crippen molar-refractivity contribution in [1.29, 1.82) is 0 Å². The summed E-state index contributed by atoms with van der Waals surface area (Å²) in [7, 11) is 0. The van der Waals surface area contributed by atoms with Crippen molar-refractivity contribution < 1.29 is 4.74 Å². The Morgan fingerprint density at radius 3 is 2.35 bits per heavy atom. The van der Waals surface area contributed by atoms with Crippen LogP contribution in [0.25, 0.3) is 0 Å². The van der Waals surface area contributed by atoms with Crippen LogP contribution in [0, 0.1) is 5.92 Å². The summed E-state index contributed by atoms with van der Waals surface area (Å²) >= 11 is 0. The summed E-state index contributed by atoms with van der Waals surface area (Å²) in [4.78, 5) is 0. The Kier molecular flexibility index (Phi) is 6.36. The van der Waals surface area contributed by atoms with Gasteiger partial charge in [-0.15, -0.1) is 0 Å². The topological polar surface area (TPSA) is 21.3 Å². The van der Waals surface area contributed by atoms with Gasteiger partial charge in [0, 0.05) is 6.61 Å². The second-order valence-electron chi connectivity index (χ2n) is 5.84. The molecule has 0 spiro atoms. The minimum Gasteiger partial charge on any atom is -0.378 e. The van der Waals surface area contributed by atoms with Crippen molar-refractivity contribution in [3.05, 3.63) is 0 Å². The molecule has 0 unspecified atom stereocenters. The summed E-state index contributed by atoms with van der Waals surface area (Å²) in [6.07, 6.45) is 14.4. The highest BCUT2D eigenvalue weighted by Crippen LogP contribution is 2.23. The zero-order valence-electron chi connectivity index (χ0n) is 11.3. The second-order valence-corrected chi connectivity index (χ2v) is 5.84. The van der Waals surface area contributed by atoms with E-state index in [1.807, 2.05) is 0 Å². The molecule has 0 aliphatic heterocycles. The lowest BCUT2D eigenvalue weighted by Crippen LogP contribution is -2.24. The molecule has 2 nitrogen and oxygen atoms in total. The van der Waals surface area contributed by atoms with Crippen LogP contribution in [0.15, 0.2) is 0 Å². The molecule has 17 heavy (non-hydrogen) atoms. The van der Waals surface area contributed by atoms with Crippen molar-refractivity contribution in [3.63, 3.8) is 0 Å². The summed E-state index contributed by atoms with van der Waals surface area (Å²) in [6, 6.07) is 0. The summed E-state index contributed by atoms with van der Waals surface area (Å²) in [5, 5.41) is 3.59. The van der Waals surface area contributed by atoms with Gasteiger partial charge >= 0.3 is 0 Å². The quantitative estimate of drug-likeness (QED) is 0.687. The normalized spacial score (nSPS) is 23.3. The molecule has 100 valence electrons. The third-order valence-corrected chi connectivity index (χ3v) is 4.31. The van der Waals surface area contributed by atoms with Crippen molar-refractivity contribution in [1.82, 2.24) is 5.32 Å². The van der Waals surface area contributed by atoms with E-state index in [0.717, 1.165) is 19.1 Å². The Morgan fingerprint density at radius 2 is 1.59 bits per heavy atom. The summed E-state index contributed by atoms with van der Waals surface area (Å²) in [6.45, 7) is 3.34. The molecule has 0 amide bonds. The summed E-state index contributed by atoms with van der Waals surface area (Å²) in [5.74, 6) is 0.967. The van der Waals surface area contributed by atoms with E-state index in [0.29, 0.717) is 6.10 Å². The lowest BCUT2D eigenvalue weighted by Gasteiger charge is -2.22. The standard InChI is InChI=1S/C15H29NO/c1-2-9-15(10-3-1)17-12-6-11-16-13-14-7-4-5-8-14/h14-16H,1-13H2. The van der Waals surface area contributed by atoms with Gasteiger partial charge in [0.25, 0.3) is 0 Å². The van der Waals surface area contributed by atoms with Crippen molar-refractivity contribution in [2.75, 3.05) is 19.7 Å². The molecule has 2 rings (SSSR count). The average molecular weight is 239 g/mol. The fraction of sp³-hybridized carbons (Fsp3) is 1.00. The van der Waals surface area contributed by atoms with Gasteiger partial charge in [0.2, 0.25) is 0 Å². The average Bonchev–Trinajstić information content (AvgIpc) is 2.88. The molecule has 0 aromatic heterocycles. The highest BCUT2D eigenvalue weighted by atomic mass is 16.5. The molecule has 2 heteroatoms. The first-order valence-electron chi connectivity index (χ1n) is 7.77. The maximum Gasteiger partial charge on any atom is 0.0575 e.